The van der Waals surface area contributed by atoms with E-state index < -0.39 is 5.97 Å². The summed E-state index contributed by atoms with van der Waals surface area (Å²) in [5, 5.41) is 27.6. The standard InChI is InChI=1S/C12H18N6O2/c1-7-8(6-13-14-7)11-15-16-17-18(11)9(5-10(19)20)12(2,3)4/h6,9H,5H2,1-4H3,(H,13,14)(H,19,20). The lowest BCUT2D eigenvalue weighted by molar-refractivity contribution is -0.138. The molecule has 0 saturated carbocycles. The molecule has 0 aliphatic heterocycles. The van der Waals surface area contributed by atoms with Gasteiger partial charge in [-0.1, -0.05) is 20.8 Å². The van der Waals surface area contributed by atoms with Crippen LogP contribution in [0.25, 0.3) is 11.4 Å². The number of nitrogens with zero attached hydrogens (tertiary/aromatic N) is 5. The van der Waals surface area contributed by atoms with Gasteiger partial charge in [-0.2, -0.15) is 5.10 Å². The van der Waals surface area contributed by atoms with Crippen LogP contribution in [0.5, 0.6) is 0 Å². The molecule has 0 saturated heterocycles. The van der Waals surface area contributed by atoms with Crippen LogP contribution in [0, 0.1) is 12.3 Å². The van der Waals surface area contributed by atoms with Gasteiger partial charge in [0.05, 0.1) is 24.2 Å². The van der Waals surface area contributed by atoms with Gasteiger partial charge in [0, 0.05) is 5.69 Å². The van der Waals surface area contributed by atoms with E-state index in [-0.39, 0.29) is 17.9 Å². The minimum atomic E-state index is -0.879. The van der Waals surface area contributed by atoms with Crippen molar-refractivity contribution >= 4 is 5.97 Å². The molecule has 2 aromatic rings. The number of tetrazole rings is 1. The van der Waals surface area contributed by atoms with E-state index in [1.165, 1.54) is 0 Å². The van der Waals surface area contributed by atoms with E-state index in [4.69, 9.17) is 5.11 Å². The van der Waals surface area contributed by atoms with Crippen LogP contribution in [-0.2, 0) is 4.79 Å². The number of carboxylic acid groups (broad SMARTS) is 1. The van der Waals surface area contributed by atoms with E-state index in [9.17, 15) is 4.79 Å². The molecule has 8 nitrogen and oxygen atoms in total. The van der Waals surface area contributed by atoms with Gasteiger partial charge in [0.1, 0.15) is 0 Å². The Bertz CT molecular complexity index is 609. The maximum atomic E-state index is 11.1. The largest absolute Gasteiger partial charge is 0.481 e. The van der Waals surface area contributed by atoms with Crippen molar-refractivity contribution in [3.63, 3.8) is 0 Å². The number of aromatic nitrogens is 6. The van der Waals surface area contributed by atoms with Gasteiger partial charge in [-0.05, 0) is 22.8 Å². The van der Waals surface area contributed by atoms with Crippen molar-refractivity contribution in [2.75, 3.05) is 0 Å². The van der Waals surface area contributed by atoms with Crippen LogP contribution >= 0.6 is 0 Å². The van der Waals surface area contributed by atoms with Crippen LogP contribution < -0.4 is 0 Å². The lowest BCUT2D eigenvalue weighted by atomic mass is 9.84. The molecule has 1 atom stereocenters. The first-order valence-corrected chi connectivity index (χ1v) is 6.30. The van der Waals surface area contributed by atoms with Crippen molar-refractivity contribution in [3.8, 4) is 11.4 Å². The van der Waals surface area contributed by atoms with Gasteiger partial charge in [0.15, 0.2) is 5.82 Å². The van der Waals surface area contributed by atoms with Crippen molar-refractivity contribution in [2.24, 2.45) is 5.41 Å². The topological polar surface area (TPSA) is 110 Å². The fourth-order valence-corrected chi connectivity index (χ4v) is 2.08. The SMILES string of the molecule is Cc1[nH]ncc1-c1nnnn1C(CC(=O)O)C(C)(C)C. The minimum absolute atomic E-state index is 0.0432. The molecule has 2 N–H and O–H groups in total. The molecule has 0 aliphatic rings. The maximum absolute atomic E-state index is 11.1. The summed E-state index contributed by atoms with van der Waals surface area (Å²) in [6, 6.07) is -0.348. The van der Waals surface area contributed by atoms with Crippen LogP contribution in [0.2, 0.25) is 0 Å². The number of carboxylic acids is 1. The van der Waals surface area contributed by atoms with E-state index in [0.29, 0.717) is 5.82 Å². The molecule has 8 heteroatoms. The van der Waals surface area contributed by atoms with Crippen LogP contribution in [0.3, 0.4) is 0 Å². The zero-order valence-electron chi connectivity index (χ0n) is 12.0. The van der Waals surface area contributed by atoms with Crippen LogP contribution in [0.4, 0.5) is 0 Å². The highest BCUT2D eigenvalue weighted by molar-refractivity contribution is 5.67. The van der Waals surface area contributed by atoms with E-state index in [1.807, 2.05) is 27.7 Å². The number of aliphatic carboxylic acids is 1. The molecule has 2 rings (SSSR count). The Kier molecular flexibility index (Phi) is 3.56. The van der Waals surface area contributed by atoms with Crippen molar-refractivity contribution in [3.05, 3.63) is 11.9 Å². The molecule has 20 heavy (non-hydrogen) atoms. The lowest BCUT2D eigenvalue weighted by Gasteiger charge is -2.29. The van der Waals surface area contributed by atoms with E-state index in [0.717, 1.165) is 11.3 Å². The van der Waals surface area contributed by atoms with Crippen LogP contribution in [0.1, 0.15) is 38.9 Å². The molecule has 0 bridgehead atoms. The number of nitrogens with one attached hydrogen (secondary N) is 1. The lowest BCUT2D eigenvalue weighted by Crippen LogP contribution is -2.28. The predicted molar refractivity (Wildman–Crippen MR) is 70.9 cm³/mol. The first-order chi connectivity index (χ1) is 9.30. The fraction of sp³-hybridized carbons (Fsp3) is 0.583. The highest BCUT2D eigenvalue weighted by atomic mass is 16.4. The zero-order valence-corrected chi connectivity index (χ0v) is 12.0. The summed E-state index contributed by atoms with van der Waals surface area (Å²) in [5.74, 6) is -0.354. The average Bonchev–Trinajstić information content (AvgIpc) is 2.92. The van der Waals surface area contributed by atoms with Gasteiger partial charge in [0.25, 0.3) is 0 Å². The van der Waals surface area contributed by atoms with Crippen molar-refractivity contribution in [2.45, 2.75) is 40.2 Å². The maximum Gasteiger partial charge on any atom is 0.305 e. The van der Waals surface area contributed by atoms with E-state index in [2.05, 4.69) is 25.7 Å². The smallest absolute Gasteiger partial charge is 0.305 e. The molecule has 2 heterocycles. The highest BCUT2D eigenvalue weighted by Crippen LogP contribution is 2.35. The first kappa shape index (κ1) is 14.2. The Morgan fingerprint density at radius 2 is 2.20 bits per heavy atom. The second-order valence-corrected chi connectivity index (χ2v) is 5.84. The number of carbonyl (C=O) groups is 1. The third kappa shape index (κ3) is 2.68. The molecule has 0 amide bonds. The summed E-state index contributed by atoms with van der Waals surface area (Å²) in [5.41, 5.74) is 1.32. The summed E-state index contributed by atoms with van der Waals surface area (Å²) < 4.78 is 1.58. The fourth-order valence-electron chi connectivity index (χ4n) is 2.08. The number of H-pyrrole nitrogens is 1. The van der Waals surface area contributed by atoms with Gasteiger partial charge in [-0.15, -0.1) is 5.10 Å². The molecule has 108 valence electrons. The third-order valence-electron chi connectivity index (χ3n) is 3.23. The number of aromatic amines is 1. The Hall–Kier alpha value is -2.25. The number of aryl methyl sites for hydroxylation is 1. The van der Waals surface area contributed by atoms with Crippen molar-refractivity contribution in [1.82, 2.24) is 30.4 Å². The molecule has 2 aromatic heterocycles. The molecule has 0 spiro atoms. The van der Waals surface area contributed by atoms with Crippen LogP contribution in [0.15, 0.2) is 6.20 Å². The van der Waals surface area contributed by atoms with Crippen molar-refractivity contribution in [1.29, 1.82) is 0 Å². The monoisotopic (exact) mass is 278 g/mol. The second kappa shape index (κ2) is 5.03. The normalized spacial score (nSPS) is 13.4. The molecular weight excluding hydrogens is 260 g/mol. The van der Waals surface area contributed by atoms with Gasteiger partial charge >= 0.3 is 5.97 Å². The molecule has 0 fully saturated rings. The average molecular weight is 278 g/mol. The van der Waals surface area contributed by atoms with Gasteiger partial charge in [0.2, 0.25) is 0 Å². The van der Waals surface area contributed by atoms with E-state index >= 15 is 0 Å². The number of rotatable bonds is 4. The summed E-state index contributed by atoms with van der Waals surface area (Å²) in [6.45, 7) is 7.77. The predicted octanol–water partition coefficient (Wildman–Crippen LogP) is 1.43. The highest BCUT2D eigenvalue weighted by Gasteiger charge is 2.32. The first-order valence-electron chi connectivity index (χ1n) is 6.30. The van der Waals surface area contributed by atoms with E-state index in [1.54, 1.807) is 10.9 Å². The molecule has 0 aliphatic carbocycles. The quantitative estimate of drug-likeness (QED) is 0.875. The minimum Gasteiger partial charge on any atom is -0.481 e. The molecule has 0 aromatic carbocycles. The molecular formula is C12H18N6O2. The zero-order chi connectivity index (χ0) is 14.9. The number of hydrogen-bond donors (Lipinski definition) is 2. The number of hydrogen-bond acceptors (Lipinski definition) is 5. The molecule has 1 unspecified atom stereocenters. The third-order valence-corrected chi connectivity index (χ3v) is 3.23. The summed E-state index contributed by atoms with van der Waals surface area (Å²) in [7, 11) is 0. The summed E-state index contributed by atoms with van der Waals surface area (Å²) in [4.78, 5) is 11.1. The summed E-state index contributed by atoms with van der Waals surface area (Å²) >= 11 is 0. The Balaban J connectivity index is 2.48. The Morgan fingerprint density at radius 1 is 1.50 bits per heavy atom. The van der Waals surface area contributed by atoms with Crippen LogP contribution in [-0.4, -0.2) is 41.5 Å². The van der Waals surface area contributed by atoms with Gasteiger partial charge in [-0.25, -0.2) is 4.68 Å². The van der Waals surface area contributed by atoms with Gasteiger partial charge in [-0.3, -0.25) is 9.89 Å². The van der Waals surface area contributed by atoms with Crippen molar-refractivity contribution < 1.29 is 9.90 Å². The second-order valence-electron chi connectivity index (χ2n) is 5.84. The summed E-state index contributed by atoms with van der Waals surface area (Å²) in [6.07, 6.45) is 1.59. The Labute approximate surface area is 116 Å². The molecule has 0 radical (unpaired) electrons. The van der Waals surface area contributed by atoms with Gasteiger partial charge < -0.3 is 5.11 Å². The Morgan fingerprint density at radius 3 is 2.70 bits per heavy atom.